The first-order chi connectivity index (χ1) is 10.2. The summed E-state index contributed by atoms with van der Waals surface area (Å²) in [5.41, 5.74) is 0.0351. The summed E-state index contributed by atoms with van der Waals surface area (Å²) in [7, 11) is 0. The molecule has 0 spiro atoms. The first-order valence-corrected chi connectivity index (χ1v) is 9.62. The Morgan fingerprint density at radius 2 is 1.76 bits per heavy atom. The fourth-order valence-corrected chi connectivity index (χ4v) is 6.19. The summed E-state index contributed by atoms with van der Waals surface area (Å²) in [5, 5.41) is 9.61. The number of nitriles is 1. The Hall–Kier alpha value is -0.510. The van der Waals surface area contributed by atoms with E-state index in [2.05, 4.69) is 19.9 Å². The van der Waals surface area contributed by atoms with Gasteiger partial charge in [-0.3, -0.25) is 0 Å². The summed E-state index contributed by atoms with van der Waals surface area (Å²) in [6.07, 6.45) is 15.1. The molecule has 3 rings (SSSR count). The van der Waals surface area contributed by atoms with Crippen LogP contribution in [0.2, 0.25) is 0 Å². The molecule has 3 aliphatic rings. The Kier molecular flexibility index (Phi) is 4.63. The number of rotatable bonds is 3. The first-order valence-electron chi connectivity index (χ1n) is 9.62. The van der Waals surface area contributed by atoms with Gasteiger partial charge in [0, 0.05) is 0 Å². The normalized spacial score (nSPS) is 46.2. The minimum atomic E-state index is 0.0351. The van der Waals surface area contributed by atoms with Crippen LogP contribution in [0.3, 0.4) is 0 Å². The molecule has 118 valence electrons. The van der Waals surface area contributed by atoms with E-state index >= 15 is 0 Å². The monoisotopic (exact) mass is 287 g/mol. The zero-order valence-corrected chi connectivity index (χ0v) is 14.1. The van der Waals surface area contributed by atoms with Gasteiger partial charge in [-0.05, 0) is 81.0 Å². The van der Waals surface area contributed by atoms with E-state index in [9.17, 15) is 5.26 Å². The summed E-state index contributed by atoms with van der Waals surface area (Å²) >= 11 is 0. The van der Waals surface area contributed by atoms with Crippen molar-refractivity contribution in [3.05, 3.63) is 0 Å². The SMILES string of the molecule is CCC[C@H]1CCC2C(CCC3C[C@@](C#N)(CC)CCC32)C1. The topological polar surface area (TPSA) is 23.8 Å². The van der Waals surface area contributed by atoms with E-state index in [1.807, 2.05) is 0 Å². The summed E-state index contributed by atoms with van der Waals surface area (Å²) in [5.74, 6) is 4.94. The summed E-state index contributed by atoms with van der Waals surface area (Å²) in [6.45, 7) is 4.57. The molecule has 1 heteroatoms. The van der Waals surface area contributed by atoms with Crippen molar-refractivity contribution in [2.24, 2.45) is 35.0 Å². The number of hydrogen-bond donors (Lipinski definition) is 0. The highest BCUT2D eigenvalue weighted by atomic mass is 14.5. The van der Waals surface area contributed by atoms with Gasteiger partial charge < -0.3 is 0 Å². The lowest BCUT2D eigenvalue weighted by atomic mass is 9.52. The fourth-order valence-electron chi connectivity index (χ4n) is 6.19. The van der Waals surface area contributed by atoms with Crippen LogP contribution in [-0.4, -0.2) is 0 Å². The summed E-state index contributed by atoms with van der Waals surface area (Å²) in [4.78, 5) is 0. The van der Waals surface area contributed by atoms with E-state index in [-0.39, 0.29) is 5.41 Å². The third kappa shape index (κ3) is 2.88. The predicted octanol–water partition coefficient (Wildman–Crippen LogP) is 5.95. The third-order valence-corrected chi connectivity index (χ3v) is 7.43. The van der Waals surface area contributed by atoms with Gasteiger partial charge in [0.05, 0.1) is 11.5 Å². The van der Waals surface area contributed by atoms with E-state index in [1.165, 1.54) is 64.2 Å². The largest absolute Gasteiger partial charge is 0.198 e. The first kappa shape index (κ1) is 15.4. The molecule has 3 saturated carbocycles. The number of hydrogen-bond acceptors (Lipinski definition) is 1. The van der Waals surface area contributed by atoms with Gasteiger partial charge in [0.2, 0.25) is 0 Å². The molecule has 21 heavy (non-hydrogen) atoms. The number of fused-ring (bicyclic) bond motifs is 3. The van der Waals surface area contributed by atoms with Gasteiger partial charge in [-0.15, -0.1) is 0 Å². The van der Waals surface area contributed by atoms with Gasteiger partial charge in [0.1, 0.15) is 0 Å². The van der Waals surface area contributed by atoms with Crippen molar-refractivity contribution >= 4 is 0 Å². The molecule has 0 aliphatic heterocycles. The zero-order chi connectivity index (χ0) is 14.9. The molecular weight excluding hydrogens is 254 g/mol. The van der Waals surface area contributed by atoms with E-state index in [0.717, 1.165) is 36.0 Å². The van der Waals surface area contributed by atoms with Gasteiger partial charge in [0.15, 0.2) is 0 Å². The van der Waals surface area contributed by atoms with Crippen LogP contribution in [0, 0.1) is 46.3 Å². The maximum Gasteiger partial charge on any atom is 0.0689 e. The maximum atomic E-state index is 9.61. The van der Waals surface area contributed by atoms with Crippen LogP contribution in [0.4, 0.5) is 0 Å². The summed E-state index contributed by atoms with van der Waals surface area (Å²) < 4.78 is 0. The number of nitrogens with zero attached hydrogens (tertiary/aromatic N) is 1. The molecule has 0 saturated heterocycles. The van der Waals surface area contributed by atoms with Gasteiger partial charge >= 0.3 is 0 Å². The quantitative estimate of drug-likeness (QED) is 0.629. The zero-order valence-electron chi connectivity index (χ0n) is 14.1. The van der Waals surface area contributed by atoms with E-state index < -0.39 is 0 Å². The molecule has 3 fully saturated rings. The predicted molar refractivity (Wildman–Crippen MR) is 87.6 cm³/mol. The van der Waals surface area contributed by atoms with Crippen LogP contribution in [0.1, 0.15) is 84.5 Å². The van der Waals surface area contributed by atoms with Crippen molar-refractivity contribution in [2.45, 2.75) is 84.5 Å². The highest BCUT2D eigenvalue weighted by Gasteiger charge is 2.47. The van der Waals surface area contributed by atoms with E-state index in [0.29, 0.717) is 0 Å². The second kappa shape index (κ2) is 6.31. The van der Waals surface area contributed by atoms with Crippen molar-refractivity contribution in [2.75, 3.05) is 0 Å². The van der Waals surface area contributed by atoms with Crippen molar-refractivity contribution in [1.29, 1.82) is 5.26 Å². The van der Waals surface area contributed by atoms with Crippen LogP contribution in [-0.2, 0) is 0 Å². The molecule has 0 amide bonds. The summed E-state index contributed by atoms with van der Waals surface area (Å²) in [6, 6.07) is 2.70. The molecule has 4 unspecified atom stereocenters. The Morgan fingerprint density at radius 1 is 1.00 bits per heavy atom. The van der Waals surface area contributed by atoms with Crippen molar-refractivity contribution in [3.63, 3.8) is 0 Å². The Labute approximate surface area is 131 Å². The van der Waals surface area contributed by atoms with Crippen LogP contribution in [0.25, 0.3) is 0 Å². The molecule has 0 heterocycles. The lowest BCUT2D eigenvalue weighted by molar-refractivity contribution is -0.0166. The van der Waals surface area contributed by atoms with Gasteiger partial charge in [0.25, 0.3) is 0 Å². The smallest absolute Gasteiger partial charge is 0.0689 e. The van der Waals surface area contributed by atoms with Gasteiger partial charge in [-0.1, -0.05) is 33.1 Å². The minimum absolute atomic E-state index is 0.0351. The van der Waals surface area contributed by atoms with Gasteiger partial charge in [-0.2, -0.15) is 5.26 Å². The Balaban J connectivity index is 1.65. The Bertz CT molecular complexity index is 395. The standard InChI is InChI=1S/C20H33N/c1-3-5-15-6-9-18-16(12-15)7-8-17-13-20(4-2,14-21)11-10-19(17)18/h15-19H,3-13H2,1-2H3/t15-,16?,17?,18?,19?,20+/m0/s1. The van der Waals surface area contributed by atoms with E-state index in [1.54, 1.807) is 0 Å². The lowest BCUT2D eigenvalue weighted by Crippen LogP contribution is -2.43. The average molecular weight is 287 g/mol. The molecule has 0 aromatic rings. The molecule has 0 N–H and O–H groups in total. The van der Waals surface area contributed by atoms with Crippen LogP contribution in [0.15, 0.2) is 0 Å². The van der Waals surface area contributed by atoms with Crippen molar-refractivity contribution in [1.82, 2.24) is 0 Å². The van der Waals surface area contributed by atoms with Crippen LogP contribution < -0.4 is 0 Å². The van der Waals surface area contributed by atoms with Crippen LogP contribution in [0.5, 0.6) is 0 Å². The molecule has 0 bridgehead atoms. The maximum absolute atomic E-state index is 9.61. The third-order valence-electron chi connectivity index (χ3n) is 7.43. The van der Waals surface area contributed by atoms with E-state index in [4.69, 9.17) is 0 Å². The second-order valence-corrected chi connectivity index (χ2v) is 8.38. The lowest BCUT2D eigenvalue weighted by Gasteiger charge is -2.52. The minimum Gasteiger partial charge on any atom is -0.198 e. The highest BCUT2D eigenvalue weighted by molar-refractivity contribution is 5.05. The average Bonchev–Trinajstić information content (AvgIpc) is 2.54. The molecule has 0 radical (unpaired) electrons. The van der Waals surface area contributed by atoms with Crippen molar-refractivity contribution < 1.29 is 0 Å². The molecule has 0 aromatic heterocycles. The molecule has 3 aliphatic carbocycles. The fraction of sp³-hybridized carbons (Fsp3) is 0.950. The molecular formula is C20H33N. The highest BCUT2D eigenvalue weighted by Crippen LogP contribution is 2.56. The van der Waals surface area contributed by atoms with Gasteiger partial charge in [-0.25, -0.2) is 0 Å². The molecule has 6 atom stereocenters. The molecule has 0 aromatic carbocycles. The Morgan fingerprint density at radius 3 is 2.48 bits per heavy atom. The molecule has 1 nitrogen and oxygen atoms in total. The van der Waals surface area contributed by atoms with Crippen LogP contribution >= 0.6 is 0 Å². The second-order valence-electron chi connectivity index (χ2n) is 8.38. The van der Waals surface area contributed by atoms with Crippen molar-refractivity contribution in [3.8, 4) is 6.07 Å².